The molecule has 2 N–H and O–H groups in total. The maximum Gasteiger partial charge on any atom is 0.155 e. The normalized spacial score (nSPS) is 15.6. The number of fused-ring (bicyclic) bond motifs is 9. The molecule has 10 rings (SSSR count). The van der Waals surface area contributed by atoms with Crippen LogP contribution in [0, 0.1) is 6.07 Å². The van der Waals surface area contributed by atoms with Crippen LogP contribution in [0.3, 0.4) is 0 Å². The summed E-state index contributed by atoms with van der Waals surface area (Å²) in [4.78, 5) is 24.7. The summed E-state index contributed by atoms with van der Waals surface area (Å²) in [6.45, 7) is 10.4. The molecule has 1 radical (unpaired) electrons. The van der Waals surface area contributed by atoms with Gasteiger partial charge in [-0.25, -0.2) is 0 Å². The Bertz CT molecular complexity index is 3040. The molecule has 8 aromatic rings. The zero-order valence-corrected chi connectivity index (χ0v) is 41.4. The van der Waals surface area contributed by atoms with Gasteiger partial charge in [-0.1, -0.05) is 116 Å². The third-order valence-electron chi connectivity index (χ3n) is 13.0. The summed E-state index contributed by atoms with van der Waals surface area (Å²) in [6, 6.07) is 58.1. The average Bonchev–Trinajstić information content (AvgIpc) is 3.95. The van der Waals surface area contributed by atoms with Gasteiger partial charge in [0.2, 0.25) is 0 Å². The Morgan fingerprint density at radius 3 is 1.84 bits per heavy atom. The van der Waals surface area contributed by atoms with Crippen molar-refractivity contribution in [1.29, 1.82) is 0 Å². The maximum absolute atomic E-state index is 10.0. The second-order valence-electron chi connectivity index (χ2n) is 17.9. The van der Waals surface area contributed by atoms with Crippen molar-refractivity contribution in [1.82, 2.24) is 9.55 Å². The van der Waals surface area contributed by atoms with Crippen molar-refractivity contribution < 1.29 is 39.9 Å². The van der Waals surface area contributed by atoms with Crippen molar-refractivity contribution in [2.24, 2.45) is 0 Å². The van der Waals surface area contributed by atoms with Crippen LogP contribution in [0.2, 0.25) is 0 Å². The zero-order chi connectivity index (χ0) is 46.5. The number of ketones is 2. The van der Waals surface area contributed by atoms with Crippen LogP contribution in [-0.2, 0) is 48.0 Å². The van der Waals surface area contributed by atoms with Gasteiger partial charge < -0.3 is 19.8 Å². The Balaban J connectivity index is 0.000000389. The first-order chi connectivity index (χ1) is 31.9. The molecular weight excluding hydrogens is 1000 g/mol. The van der Waals surface area contributed by atoms with Gasteiger partial charge in [-0.3, -0.25) is 9.59 Å². The molecule has 341 valence electrons. The van der Waals surface area contributed by atoms with Gasteiger partial charge in [0.1, 0.15) is 0 Å². The summed E-state index contributed by atoms with van der Waals surface area (Å²) in [5.74, 6) is 0.353. The van der Waals surface area contributed by atoms with E-state index in [0.717, 1.165) is 36.9 Å². The van der Waals surface area contributed by atoms with E-state index in [9.17, 15) is 9.59 Å². The Morgan fingerprint density at radius 2 is 1.25 bits per heavy atom. The first-order valence-corrected chi connectivity index (χ1v) is 22.9. The largest absolute Gasteiger partial charge is 0.512 e. The summed E-state index contributed by atoms with van der Waals surface area (Å²) >= 11 is 0. The molecular formula is C60H57IrN2O4-. The number of aliphatic hydroxyl groups excluding tert-OH is 2. The monoisotopic (exact) mass is 1060 g/mol. The topological polar surface area (TPSA) is 92.4 Å². The van der Waals surface area contributed by atoms with Crippen LogP contribution in [-0.4, -0.2) is 31.3 Å². The standard InChI is InChI=1S/C50H41N2.2C5H8O2.Ir/c1-3-34(28-33(2)52-48-17-8-5-13-43(48)44-14-6-9-18-49(44)52)35-19-21-36(22-20-35)37-25-26-42-41-12-4-7-15-45(41)50(46(42)30-37)31-39-24-23-38(29-40(39)32-50)47-16-10-11-27-51-47;2*1-4(6)3-5(2)7;/h4-22,24-27,29-30,33-34H,3,28,31-32H2,1-2H3;2*3,6H,1-2H3;/q-1;;;/b;2*4-3-;. The Labute approximate surface area is 408 Å². The fourth-order valence-corrected chi connectivity index (χ4v) is 10.3. The van der Waals surface area contributed by atoms with Gasteiger partial charge in [-0.2, -0.15) is 0 Å². The van der Waals surface area contributed by atoms with Crippen LogP contribution in [0.25, 0.3) is 55.3 Å². The van der Waals surface area contributed by atoms with Crippen LogP contribution in [0.15, 0.2) is 175 Å². The third kappa shape index (κ3) is 10.2. The summed E-state index contributed by atoms with van der Waals surface area (Å²) in [7, 11) is 0. The number of allylic oxidation sites excluding steroid dienone is 4. The molecule has 67 heavy (non-hydrogen) atoms. The number of nitrogens with zero attached hydrogens (tertiary/aromatic N) is 2. The molecule has 0 fully saturated rings. The van der Waals surface area contributed by atoms with Gasteiger partial charge in [0.15, 0.2) is 11.6 Å². The molecule has 0 bridgehead atoms. The van der Waals surface area contributed by atoms with Crippen LogP contribution < -0.4 is 0 Å². The number of carbonyl (C=O) groups excluding carboxylic acids is 2. The average molecular weight is 1060 g/mol. The van der Waals surface area contributed by atoms with Crippen LogP contribution >= 0.6 is 0 Å². The van der Waals surface area contributed by atoms with E-state index in [-0.39, 0.29) is 48.6 Å². The quantitative estimate of drug-likeness (QED) is 0.0854. The molecule has 6 nitrogen and oxygen atoms in total. The van der Waals surface area contributed by atoms with E-state index in [2.05, 4.69) is 169 Å². The first kappa shape index (κ1) is 48.3. The molecule has 1 spiro atoms. The maximum atomic E-state index is 10.0. The van der Waals surface area contributed by atoms with E-state index >= 15 is 0 Å². The van der Waals surface area contributed by atoms with Crippen molar-refractivity contribution in [3.05, 3.63) is 209 Å². The van der Waals surface area contributed by atoms with Crippen LogP contribution in [0.4, 0.5) is 0 Å². The summed E-state index contributed by atoms with van der Waals surface area (Å²) < 4.78 is 2.57. The number of hydrogen-bond acceptors (Lipinski definition) is 5. The number of aromatic nitrogens is 2. The second kappa shape index (κ2) is 20.9. The first-order valence-electron chi connectivity index (χ1n) is 22.9. The molecule has 0 saturated carbocycles. The fraction of sp³-hybridized carbons (Fsp3) is 0.217. The zero-order valence-electron chi connectivity index (χ0n) is 39.0. The van der Waals surface area contributed by atoms with Crippen molar-refractivity contribution in [2.45, 2.75) is 84.6 Å². The van der Waals surface area contributed by atoms with E-state index in [1.807, 2.05) is 12.3 Å². The van der Waals surface area contributed by atoms with Crippen LogP contribution in [0.1, 0.15) is 94.2 Å². The molecule has 3 atom stereocenters. The smallest absolute Gasteiger partial charge is 0.155 e. The third-order valence-corrected chi connectivity index (χ3v) is 13.0. The molecule has 0 saturated heterocycles. The number of rotatable bonds is 9. The Hall–Kier alpha value is -6.66. The molecule has 3 unspecified atom stereocenters. The molecule has 7 heteroatoms. The number of pyridine rings is 1. The number of carbonyl (C=O) groups is 2. The Kier molecular flexibility index (Phi) is 15.0. The van der Waals surface area contributed by atoms with Crippen molar-refractivity contribution in [3.8, 4) is 33.5 Å². The van der Waals surface area contributed by atoms with E-state index < -0.39 is 0 Å². The van der Waals surface area contributed by atoms with Gasteiger partial charge in [-0.15, -0.1) is 34.9 Å². The van der Waals surface area contributed by atoms with Crippen molar-refractivity contribution in [2.75, 3.05) is 0 Å². The molecule has 2 aliphatic rings. The van der Waals surface area contributed by atoms with E-state index in [1.54, 1.807) is 0 Å². The molecule has 0 amide bonds. The number of hydrogen-bond donors (Lipinski definition) is 2. The molecule has 0 aliphatic heterocycles. The van der Waals surface area contributed by atoms with Gasteiger partial charge in [0.25, 0.3) is 0 Å². The minimum atomic E-state index is -0.125. The summed E-state index contributed by atoms with van der Waals surface area (Å²) in [5.41, 5.74) is 17.1. The molecule has 2 aromatic heterocycles. The van der Waals surface area contributed by atoms with E-state index in [1.165, 1.54) is 112 Å². The summed E-state index contributed by atoms with van der Waals surface area (Å²) in [6.07, 6.45) is 8.39. The second-order valence-corrected chi connectivity index (χ2v) is 17.9. The van der Waals surface area contributed by atoms with Crippen molar-refractivity contribution in [3.63, 3.8) is 0 Å². The SMILES string of the molecule is CC(=O)/C=C(/C)O.CC(=O)/C=C(/C)O.CCC(CC(C)n1c2ccccc2c2ccccc21)c1ccc(-c2ccc3c(c2)C2(Cc4c[c-]c(-c5ccccn5)cc4C2)c2ccccc2-3)cc1.[Ir]. The Morgan fingerprint density at radius 1 is 0.687 bits per heavy atom. The van der Waals surface area contributed by atoms with Gasteiger partial charge >= 0.3 is 0 Å². The van der Waals surface area contributed by atoms with E-state index in [0.29, 0.717) is 12.0 Å². The summed E-state index contributed by atoms with van der Waals surface area (Å²) in [5, 5.41) is 19.4. The van der Waals surface area contributed by atoms with Crippen LogP contribution in [0.5, 0.6) is 0 Å². The molecule has 2 heterocycles. The fourth-order valence-electron chi connectivity index (χ4n) is 10.3. The van der Waals surface area contributed by atoms with Gasteiger partial charge in [0.05, 0.1) is 11.5 Å². The minimum absolute atomic E-state index is 0. The number of benzene rings is 6. The molecule has 2 aliphatic carbocycles. The number of aliphatic hydroxyl groups is 2. The van der Waals surface area contributed by atoms with Gasteiger partial charge in [0, 0.05) is 71.7 Å². The minimum Gasteiger partial charge on any atom is -0.512 e. The van der Waals surface area contributed by atoms with Crippen molar-refractivity contribution >= 4 is 33.4 Å². The predicted octanol–water partition coefficient (Wildman–Crippen LogP) is 14.6. The molecule has 6 aromatic carbocycles. The predicted molar refractivity (Wildman–Crippen MR) is 270 cm³/mol. The number of para-hydroxylation sites is 2. The van der Waals surface area contributed by atoms with Gasteiger partial charge in [-0.05, 0) is 135 Å². The van der Waals surface area contributed by atoms with E-state index in [4.69, 9.17) is 10.2 Å².